The van der Waals surface area contributed by atoms with Crippen LogP contribution in [0, 0.1) is 11.7 Å². The molecule has 2 rings (SSSR count). The van der Waals surface area contributed by atoms with Gasteiger partial charge in [0.05, 0.1) is 5.92 Å². The van der Waals surface area contributed by atoms with E-state index in [1.807, 2.05) is 6.92 Å². The first-order valence-corrected chi connectivity index (χ1v) is 8.47. The molecular formula is C18H25FN2O3. The zero-order chi connectivity index (χ0) is 17.4. The minimum atomic E-state index is -0.280. The third-order valence-corrected chi connectivity index (χ3v) is 4.14. The van der Waals surface area contributed by atoms with Crippen LogP contribution in [0.2, 0.25) is 0 Å². The summed E-state index contributed by atoms with van der Waals surface area (Å²) in [6, 6.07) is 6.27. The Hall–Kier alpha value is -1.95. The summed E-state index contributed by atoms with van der Waals surface area (Å²) in [6.07, 6.45) is 1.70. The first-order chi connectivity index (χ1) is 11.6. The molecule has 1 fully saturated rings. The Bertz CT molecular complexity index is 548. The standard InChI is InChI=1S/C18H25FN2O3/c1-2-24-11-3-9-20-18(23)15-12-17(22)21(13-15)10-8-14-4-6-16(19)7-5-14/h4-7,15H,2-3,8-13H2,1H3,(H,20,23). The summed E-state index contributed by atoms with van der Waals surface area (Å²) in [5, 5.41) is 2.87. The molecule has 1 saturated heterocycles. The van der Waals surface area contributed by atoms with Crippen LogP contribution in [-0.2, 0) is 20.7 Å². The number of nitrogens with zero attached hydrogens (tertiary/aromatic N) is 1. The molecule has 24 heavy (non-hydrogen) atoms. The molecule has 1 atom stereocenters. The van der Waals surface area contributed by atoms with E-state index in [-0.39, 0.29) is 30.0 Å². The summed E-state index contributed by atoms with van der Waals surface area (Å²) in [7, 11) is 0. The van der Waals surface area contributed by atoms with Gasteiger partial charge < -0.3 is 15.0 Å². The van der Waals surface area contributed by atoms with Gasteiger partial charge in [0.1, 0.15) is 5.82 Å². The first-order valence-electron chi connectivity index (χ1n) is 8.47. The largest absolute Gasteiger partial charge is 0.382 e. The number of carbonyl (C=O) groups is 2. The molecule has 0 spiro atoms. The van der Waals surface area contributed by atoms with Crippen LogP contribution in [0.1, 0.15) is 25.3 Å². The Kier molecular flexibility index (Phi) is 7.18. The van der Waals surface area contributed by atoms with Crippen LogP contribution >= 0.6 is 0 Å². The zero-order valence-corrected chi connectivity index (χ0v) is 14.1. The van der Waals surface area contributed by atoms with Gasteiger partial charge in [-0.3, -0.25) is 9.59 Å². The van der Waals surface area contributed by atoms with Gasteiger partial charge in [-0.05, 0) is 37.5 Å². The number of nitrogens with one attached hydrogen (secondary N) is 1. The van der Waals surface area contributed by atoms with Crippen LogP contribution in [0.15, 0.2) is 24.3 Å². The highest BCUT2D eigenvalue weighted by molar-refractivity contribution is 5.89. The van der Waals surface area contributed by atoms with Crippen molar-refractivity contribution in [2.24, 2.45) is 5.92 Å². The molecular weight excluding hydrogens is 311 g/mol. The molecule has 0 bridgehead atoms. The summed E-state index contributed by atoms with van der Waals surface area (Å²) >= 11 is 0. The number of amides is 2. The van der Waals surface area contributed by atoms with Crippen LogP contribution in [0.3, 0.4) is 0 Å². The van der Waals surface area contributed by atoms with Gasteiger partial charge in [0.2, 0.25) is 11.8 Å². The van der Waals surface area contributed by atoms with Gasteiger partial charge in [-0.25, -0.2) is 4.39 Å². The van der Waals surface area contributed by atoms with Gasteiger partial charge in [-0.15, -0.1) is 0 Å². The lowest BCUT2D eigenvalue weighted by Gasteiger charge is -2.16. The fraction of sp³-hybridized carbons (Fsp3) is 0.556. The maximum absolute atomic E-state index is 12.9. The van der Waals surface area contributed by atoms with E-state index >= 15 is 0 Å². The highest BCUT2D eigenvalue weighted by atomic mass is 19.1. The Morgan fingerprint density at radius 2 is 2.12 bits per heavy atom. The lowest BCUT2D eigenvalue weighted by molar-refractivity contribution is -0.129. The van der Waals surface area contributed by atoms with E-state index in [4.69, 9.17) is 4.74 Å². The van der Waals surface area contributed by atoms with Crippen molar-refractivity contribution < 1.29 is 18.7 Å². The quantitative estimate of drug-likeness (QED) is 0.699. The summed E-state index contributed by atoms with van der Waals surface area (Å²) < 4.78 is 18.1. The summed E-state index contributed by atoms with van der Waals surface area (Å²) in [6.45, 7) is 4.82. The van der Waals surface area contributed by atoms with Crippen LogP contribution in [-0.4, -0.2) is 49.6 Å². The van der Waals surface area contributed by atoms with E-state index in [1.54, 1.807) is 17.0 Å². The molecule has 1 heterocycles. The van der Waals surface area contributed by atoms with Gasteiger partial charge >= 0.3 is 0 Å². The Balaban J connectivity index is 1.72. The second-order valence-corrected chi connectivity index (χ2v) is 5.96. The van der Waals surface area contributed by atoms with E-state index in [0.717, 1.165) is 12.0 Å². The molecule has 2 amide bonds. The van der Waals surface area contributed by atoms with Crippen molar-refractivity contribution in [1.29, 1.82) is 0 Å². The van der Waals surface area contributed by atoms with Gasteiger partial charge in [0, 0.05) is 39.3 Å². The van der Waals surface area contributed by atoms with Crippen molar-refractivity contribution in [1.82, 2.24) is 10.2 Å². The zero-order valence-electron chi connectivity index (χ0n) is 14.1. The molecule has 0 saturated carbocycles. The predicted octanol–water partition coefficient (Wildman–Crippen LogP) is 1.76. The Morgan fingerprint density at radius 3 is 2.83 bits per heavy atom. The first kappa shape index (κ1) is 18.4. The minimum Gasteiger partial charge on any atom is -0.382 e. The van der Waals surface area contributed by atoms with E-state index in [1.165, 1.54) is 12.1 Å². The summed E-state index contributed by atoms with van der Waals surface area (Å²) in [5.41, 5.74) is 0.980. The van der Waals surface area contributed by atoms with Crippen LogP contribution in [0.4, 0.5) is 4.39 Å². The van der Waals surface area contributed by atoms with Crippen LogP contribution < -0.4 is 5.32 Å². The highest BCUT2D eigenvalue weighted by Gasteiger charge is 2.33. The number of hydrogen-bond acceptors (Lipinski definition) is 3. The lowest BCUT2D eigenvalue weighted by Crippen LogP contribution is -2.34. The number of ether oxygens (including phenoxy) is 1. The normalized spacial score (nSPS) is 17.3. The van der Waals surface area contributed by atoms with Gasteiger partial charge in [0.15, 0.2) is 0 Å². The van der Waals surface area contributed by atoms with Crippen molar-refractivity contribution in [3.05, 3.63) is 35.6 Å². The fourth-order valence-corrected chi connectivity index (χ4v) is 2.75. The third-order valence-electron chi connectivity index (χ3n) is 4.14. The van der Waals surface area contributed by atoms with Crippen molar-refractivity contribution >= 4 is 11.8 Å². The molecule has 5 nitrogen and oxygen atoms in total. The molecule has 6 heteroatoms. The average molecular weight is 336 g/mol. The van der Waals surface area contributed by atoms with Crippen molar-refractivity contribution in [2.75, 3.05) is 32.8 Å². The maximum atomic E-state index is 12.9. The molecule has 0 radical (unpaired) electrons. The SMILES string of the molecule is CCOCCCNC(=O)C1CC(=O)N(CCc2ccc(F)cc2)C1. The van der Waals surface area contributed by atoms with Gasteiger partial charge in [-0.1, -0.05) is 12.1 Å². The Labute approximate surface area is 142 Å². The molecule has 1 aromatic rings. The second-order valence-electron chi connectivity index (χ2n) is 5.96. The van der Waals surface area contributed by atoms with Crippen molar-refractivity contribution in [2.45, 2.75) is 26.2 Å². The van der Waals surface area contributed by atoms with E-state index < -0.39 is 0 Å². The molecule has 132 valence electrons. The summed E-state index contributed by atoms with van der Waals surface area (Å²) in [5.74, 6) is -0.606. The Morgan fingerprint density at radius 1 is 1.38 bits per heavy atom. The third kappa shape index (κ3) is 5.60. The fourth-order valence-electron chi connectivity index (χ4n) is 2.75. The molecule has 0 aromatic heterocycles. The minimum absolute atomic E-state index is 0.00609. The molecule has 1 unspecified atom stereocenters. The van der Waals surface area contributed by atoms with Crippen molar-refractivity contribution in [3.8, 4) is 0 Å². The van der Waals surface area contributed by atoms with Crippen molar-refractivity contribution in [3.63, 3.8) is 0 Å². The molecule has 1 aliphatic rings. The number of hydrogen-bond donors (Lipinski definition) is 1. The van der Waals surface area contributed by atoms with Gasteiger partial charge in [0.25, 0.3) is 0 Å². The monoisotopic (exact) mass is 336 g/mol. The molecule has 1 aliphatic heterocycles. The number of rotatable bonds is 9. The van der Waals surface area contributed by atoms with E-state index in [9.17, 15) is 14.0 Å². The molecule has 1 N–H and O–H groups in total. The number of benzene rings is 1. The maximum Gasteiger partial charge on any atom is 0.225 e. The predicted molar refractivity (Wildman–Crippen MR) is 88.9 cm³/mol. The number of likely N-dealkylation sites (tertiary alicyclic amines) is 1. The van der Waals surface area contributed by atoms with Gasteiger partial charge in [-0.2, -0.15) is 0 Å². The van der Waals surface area contributed by atoms with Crippen LogP contribution in [0.5, 0.6) is 0 Å². The second kappa shape index (κ2) is 9.37. The highest BCUT2D eigenvalue weighted by Crippen LogP contribution is 2.18. The topological polar surface area (TPSA) is 58.6 Å². The summed E-state index contributed by atoms with van der Waals surface area (Å²) in [4.78, 5) is 25.9. The van der Waals surface area contributed by atoms with E-state index in [0.29, 0.717) is 39.3 Å². The lowest BCUT2D eigenvalue weighted by atomic mass is 10.1. The smallest absolute Gasteiger partial charge is 0.225 e. The molecule has 0 aliphatic carbocycles. The van der Waals surface area contributed by atoms with Crippen LogP contribution in [0.25, 0.3) is 0 Å². The average Bonchev–Trinajstić information content (AvgIpc) is 2.95. The van der Waals surface area contributed by atoms with E-state index in [2.05, 4.69) is 5.32 Å². The number of carbonyl (C=O) groups excluding carboxylic acids is 2. The number of halogens is 1. The molecule has 1 aromatic carbocycles.